The largest absolute Gasteiger partial charge is 0.467 e. The molecule has 0 aliphatic heterocycles. The summed E-state index contributed by atoms with van der Waals surface area (Å²) >= 11 is 0. The second-order valence-corrected chi connectivity index (χ2v) is 3.69. The monoisotopic (exact) mass is 195 g/mol. The van der Waals surface area contributed by atoms with Crippen LogP contribution >= 0.6 is 0 Å². The molecule has 1 aliphatic rings. The summed E-state index contributed by atoms with van der Waals surface area (Å²) in [5.74, 6) is 0.651. The van der Waals surface area contributed by atoms with Crippen molar-refractivity contribution < 1.29 is 4.74 Å². The predicted octanol–water partition coefficient (Wildman–Crippen LogP) is 0.427. The van der Waals surface area contributed by atoms with Gasteiger partial charge in [-0.3, -0.25) is 0 Å². The van der Waals surface area contributed by atoms with Gasteiger partial charge >= 0.3 is 6.01 Å². The van der Waals surface area contributed by atoms with E-state index in [2.05, 4.69) is 27.2 Å². The minimum Gasteiger partial charge on any atom is -0.467 e. The zero-order valence-corrected chi connectivity index (χ0v) is 8.24. The van der Waals surface area contributed by atoms with Crippen LogP contribution in [0.25, 0.3) is 0 Å². The third-order valence-electron chi connectivity index (χ3n) is 2.23. The van der Waals surface area contributed by atoms with Crippen LogP contribution in [-0.2, 0) is 0 Å². The smallest absolute Gasteiger partial charge is 0.322 e. The molecule has 1 heterocycles. The molecule has 6 nitrogen and oxygen atoms in total. The lowest BCUT2D eigenvalue weighted by atomic mass is 10.3. The van der Waals surface area contributed by atoms with Crippen LogP contribution < -0.4 is 15.8 Å². The number of hydrogen-bond acceptors (Lipinski definition) is 6. The molecule has 2 rings (SSSR count). The van der Waals surface area contributed by atoms with Crippen LogP contribution in [0.1, 0.15) is 19.8 Å². The molecule has 1 aromatic rings. The summed E-state index contributed by atoms with van der Waals surface area (Å²) < 4.78 is 4.89. The molecule has 1 aliphatic carbocycles. The van der Waals surface area contributed by atoms with Crippen molar-refractivity contribution in [1.82, 2.24) is 15.0 Å². The Balaban J connectivity index is 2.20. The van der Waals surface area contributed by atoms with E-state index in [0.717, 1.165) is 12.8 Å². The lowest BCUT2D eigenvalue weighted by molar-refractivity contribution is 0.379. The SMILES string of the molecule is COc1nc(N)nc(NC2(C)CC2)n1. The maximum absolute atomic E-state index is 5.49. The maximum Gasteiger partial charge on any atom is 0.322 e. The number of nitrogen functional groups attached to an aromatic ring is 1. The van der Waals surface area contributed by atoms with E-state index in [1.54, 1.807) is 0 Å². The third-order valence-corrected chi connectivity index (χ3v) is 2.23. The Hall–Kier alpha value is -1.59. The van der Waals surface area contributed by atoms with Gasteiger partial charge in [0, 0.05) is 5.54 Å². The van der Waals surface area contributed by atoms with Crippen molar-refractivity contribution in [2.24, 2.45) is 0 Å². The number of methoxy groups -OCH3 is 1. The third kappa shape index (κ3) is 1.84. The normalized spacial score (nSPS) is 17.6. The predicted molar refractivity (Wildman–Crippen MR) is 52.1 cm³/mol. The quantitative estimate of drug-likeness (QED) is 0.727. The minimum atomic E-state index is 0.124. The van der Waals surface area contributed by atoms with E-state index in [1.807, 2.05) is 0 Å². The fraction of sp³-hybridized carbons (Fsp3) is 0.625. The van der Waals surface area contributed by atoms with E-state index in [1.165, 1.54) is 7.11 Å². The summed E-state index contributed by atoms with van der Waals surface area (Å²) in [6.45, 7) is 2.11. The highest BCUT2D eigenvalue weighted by Gasteiger charge is 2.38. The molecular formula is C8H13N5O. The first-order valence-electron chi connectivity index (χ1n) is 4.45. The van der Waals surface area contributed by atoms with Gasteiger partial charge in [-0.25, -0.2) is 0 Å². The molecule has 0 atom stereocenters. The topological polar surface area (TPSA) is 86.0 Å². The van der Waals surface area contributed by atoms with Crippen LogP contribution in [0.15, 0.2) is 0 Å². The second kappa shape index (κ2) is 2.97. The molecule has 0 bridgehead atoms. The molecule has 3 N–H and O–H groups in total. The Morgan fingerprint density at radius 3 is 2.64 bits per heavy atom. The molecule has 0 saturated heterocycles. The number of hydrogen-bond donors (Lipinski definition) is 2. The van der Waals surface area contributed by atoms with Gasteiger partial charge in [0.25, 0.3) is 0 Å². The zero-order valence-electron chi connectivity index (χ0n) is 8.24. The van der Waals surface area contributed by atoms with Gasteiger partial charge in [-0.1, -0.05) is 0 Å². The zero-order chi connectivity index (χ0) is 10.2. The summed E-state index contributed by atoms with van der Waals surface area (Å²) in [5.41, 5.74) is 5.62. The fourth-order valence-electron chi connectivity index (χ4n) is 1.10. The fourth-order valence-corrected chi connectivity index (χ4v) is 1.10. The lowest BCUT2D eigenvalue weighted by Gasteiger charge is -2.11. The first-order chi connectivity index (χ1) is 6.61. The molecule has 1 aromatic heterocycles. The van der Waals surface area contributed by atoms with Gasteiger partial charge in [0.1, 0.15) is 0 Å². The van der Waals surface area contributed by atoms with Gasteiger partial charge in [0.2, 0.25) is 11.9 Å². The second-order valence-electron chi connectivity index (χ2n) is 3.69. The number of nitrogens with two attached hydrogens (primary N) is 1. The molecular weight excluding hydrogens is 182 g/mol. The number of rotatable bonds is 3. The first-order valence-corrected chi connectivity index (χ1v) is 4.45. The van der Waals surface area contributed by atoms with E-state index < -0.39 is 0 Å². The number of ether oxygens (including phenoxy) is 1. The van der Waals surface area contributed by atoms with Crippen molar-refractivity contribution in [2.75, 3.05) is 18.2 Å². The molecule has 0 amide bonds. The van der Waals surface area contributed by atoms with E-state index in [0.29, 0.717) is 5.95 Å². The summed E-state index contributed by atoms with van der Waals surface area (Å²) in [6, 6.07) is 0.240. The highest BCUT2D eigenvalue weighted by Crippen LogP contribution is 2.37. The van der Waals surface area contributed by atoms with Crippen molar-refractivity contribution in [3.05, 3.63) is 0 Å². The van der Waals surface area contributed by atoms with Gasteiger partial charge in [0.15, 0.2) is 0 Å². The standard InChI is InChI=1S/C8H13N5O/c1-8(3-4-8)13-6-10-5(9)11-7(12-6)14-2/h3-4H2,1-2H3,(H3,9,10,11,12,13). The Kier molecular flexibility index (Phi) is 1.90. The number of nitrogens with one attached hydrogen (secondary N) is 1. The van der Waals surface area contributed by atoms with Crippen molar-refractivity contribution in [1.29, 1.82) is 0 Å². The van der Waals surface area contributed by atoms with Crippen LogP contribution in [0, 0.1) is 0 Å². The van der Waals surface area contributed by atoms with Crippen LogP contribution in [-0.4, -0.2) is 27.6 Å². The average molecular weight is 195 g/mol. The molecule has 0 aromatic carbocycles. The first kappa shape index (κ1) is 8.98. The number of aromatic nitrogens is 3. The Morgan fingerprint density at radius 1 is 1.36 bits per heavy atom. The summed E-state index contributed by atoms with van der Waals surface area (Å²) in [7, 11) is 1.50. The lowest BCUT2D eigenvalue weighted by Crippen LogP contribution is -2.19. The van der Waals surface area contributed by atoms with E-state index >= 15 is 0 Å². The summed E-state index contributed by atoms with van der Waals surface area (Å²) in [4.78, 5) is 11.8. The molecule has 6 heteroatoms. The van der Waals surface area contributed by atoms with Crippen LogP contribution in [0.3, 0.4) is 0 Å². The van der Waals surface area contributed by atoms with E-state index in [9.17, 15) is 0 Å². The van der Waals surface area contributed by atoms with Gasteiger partial charge in [-0.2, -0.15) is 15.0 Å². The molecule has 1 fully saturated rings. The average Bonchev–Trinajstić information content (AvgIpc) is 2.82. The van der Waals surface area contributed by atoms with Crippen LogP contribution in [0.2, 0.25) is 0 Å². The summed E-state index contributed by atoms with van der Waals surface area (Å²) in [6.07, 6.45) is 2.25. The Bertz CT molecular complexity index is 350. The van der Waals surface area contributed by atoms with E-state index in [-0.39, 0.29) is 17.5 Å². The van der Waals surface area contributed by atoms with Crippen LogP contribution in [0.4, 0.5) is 11.9 Å². The maximum atomic E-state index is 5.49. The minimum absolute atomic E-state index is 0.124. The highest BCUT2D eigenvalue weighted by molar-refractivity contribution is 5.37. The van der Waals surface area contributed by atoms with Gasteiger partial charge < -0.3 is 15.8 Å². The van der Waals surface area contributed by atoms with Crippen molar-refractivity contribution >= 4 is 11.9 Å². The molecule has 1 saturated carbocycles. The molecule has 14 heavy (non-hydrogen) atoms. The van der Waals surface area contributed by atoms with Crippen LogP contribution in [0.5, 0.6) is 6.01 Å². The highest BCUT2D eigenvalue weighted by atomic mass is 16.5. The molecule has 0 spiro atoms. The van der Waals surface area contributed by atoms with Crippen molar-refractivity contribution in [3.8, 4) is 6.01 Å². The molecule has 76 valence electrons. The van der Waals surface area contributed by atoms with Gasteiger partial charge in [0.05, 0.1) is 7.11 Å². The Labute approximate surface area is 81.9 Å². The van der Waals surface area contributed by atoms with Crippen molar-refractivity contribution in [3.63, 3.8) is 0 Å². The van der Waals surface area contributed by atoms with Gasteiger partial charge in [-0.05, 0) is 19.8 Å². The number of nitrogens with zero attached hydrogens (tertiary/aromatic N) is 3. The number of anilines is 2. The molecule has 0 radical (unpaired) electrons. The van der Waals surface area contributed by atoms with Gasteiger partial charge in [-0.15, -0.1) is 0 Å². The molecule has 0 unspecified atom stereocenters. The van der Waals surface area contributed by atoms with Crippen molar-refractivity contribution in [2.45, 2.75) is 25.3 Å². The summed E-state index contributed by atoms with van der Waals surface area (Å²) in [5, 5.41) is 3.19. The Morgan fingerprint density at radius 2 is 2.07 bits per heavy atom. The van der Waals surface area contributed by atoms with E-state index in [4.69, 9.17) is 10.5 Å².